The van der Waals surface area contributed by atoms with Gasteiger partial charge < -0.3 is 10.5 Å². The van der Waals surface area contributed by atoms with Gasteiger partial charge in [0.1, 0.15) is 29.8 Å². The van der Waals surface area contributed by atoms with Crippen LogP contribution < -0.4 is 10.5 Å². The van der Waals surface area contributed by atoms with Gasteiger partial charge in [-0.05, 0) is 29.8 Å². The Kier molecular flexibility index (Phi) is 3.44. The lowest BCUT2D eigenvalue weighted by Crippen LogP contribution is -1.99. The number of halogens is 1. The number of rotatable bonds is 3. The van der Waals surface area contributed by atoms with Crippen LogP contribution in [0.3, 0.4) is 0 Å². The Morgan fingerprint density at radius 1 is 1.17 bits per heavy atom. The number of anilines is 1. The highest BCUT2D eigenvalue weighted by Crippen LogP contribution is 2.21. The molecule has 0 spiro atoms. The first kappa shape index (κ1) is 11.9. The zero-order valence-electron chi connectivity index (χ0n) is 9.56. The Labute approximate surface area is 104 Å². The predicted molar refractivity (Wildman–Crippen MR) is 66.3 cm³/mol. The Morgan fingerprint density at radius 2 is 1.89 bits per heavy atom. The first-order chi connectivity index (χ1) is 8.70. The molecule has 0 atom stereocenters. The summed E-state index contributed by atoms with van der Waals surface area (Å²) in [4.78, 5) is 0. The summed E-state index contributed by atoms with van der Waals surface area (Å²) in [5.41, 5.74) is 7.06. The molecule has 0 heterocycles. The van der Waals surface area contributed by atoms with Crippen molar-refractivity contribution < 1.29 is 9.13 Å². The fraction of sp³-hybridized carbons (Fsp3) is 0.0714. The molecule has 0 fully saturated rings. The summed E-state index contributed by atoms with van der Waals surface area (Å²) in [5.74, 6) is -0.332. The second kappa shape index (κ2) is 5.19. The molecule has 2 aromatic rings. The SMILES string of the molecule is N#Cc1c(F)cccc1OCc1ccc(N)cc1. The Bertz CT molecular complexity index is 588. The molecule has 2 rings (SSSR count). The minimum atomic E-state index is -0.577. The minimum Gasteiger partial charge on any atom is -0.487 e. The first-order valence-corrected chi connectivity index (χ1v) is 5.36. The highest BCUT2D eigenvalue weighted by molar-refractivity contribution is 5.44. The second-order valence-electron chi connectivity index (χ2n) is 3.76. The number of hydrogen-bond donors (Lipinski definition) is 1. The van der Waals surface area contributed by atoms with Crippen LogP contribution in [0.5, 0.6) is 5.75 Å². The molecular weight excluding hydrogens is 231 g/mol. The molecule has 0 aliphatic heterocycles. The van der Waals surface area contributed by atoms with Crippen molar-refractivity contribution in [2.45, 2.75) is 6.61 Å². The van der Waals surface area contributed by atoms with Crippen molar-refractivity contribution in [3.63, 3.8) is 0 Å². The summed E-state index contributed by atoms with van der Waals surface area (Å²) in [6.07, 6.45) is 0. The number of nitriles is 1. The van der Waals surface area contributed by atoms with Gasteiger partial charge in [-0.2, -0.15) is 5.26 Å². The van der Waals surface area contributed by atoms with Gasteiger partial charge in [-0.3, -0.25) is 0 Å². The molecule has 0 radical (unpaired) electrons. The molecule has 2 aromatic carbocycles. The highest BCUT2D eigenvalue weighted by Gasteiger charge is 2.08. The van der Waals surface area contributed by atoms with E-state index in [0.717, 1.165) is 5.56 Å². The monoisotopic (exact) mass is 242 g/mol. The second-order valence-corrected chi connectivity index (χ2v) is 3.76. The summed E-state index contributed by atoms with van der Waals surface area (Å²) >= 11 is 0. The molecule has 0 bridgehead atoms. The zero-order valence-corrected chi connectivity index (χ0v) is 9.56. The molecular formula is C14H11FN2O. The van der Waals surface area contributed by atoms with Crippen molar-refractivity contribution in [3.05, 3.63) is 59.4 Å². The molecule has 0 saturated heterocycles. The number of nitrogen functional groups attached to an aromatic ring is 1. The third-order valence-corrected chi connectivity index (χ3v) is 2.46. The topological polar surface area (TPSA) is 59.0 Å². The third kappa shape index (κ3) is 2.58. The van der Waals surface area contributed by atoms with E-state index in [9.17, 15) is 4.39 Å². The summed E-state index contributed by atoms with van der Waals surface area (Å²) < 4.78 is 18.7. The van der Waals surface area contributed by atoms with Gasteiger partial charge in [0.05, 0.1) is 0 Å². The summed E-state index contributed by atoms with van der Waals surface area (Å²) in [6.45, 7) is 0.262. The lowest BCUT2D eigenvalue weighted by Gasteiger charge is -2.08. The van der Waals surface area contributed by atoms with Crippen molar-refractivity contribution in [3.8, 4) is 11.8 Å². The van der Waals surface area contributed by atoms with Gasteiger partial charge in [0, 0.05) is 5.69 Å². The fourth-order valence-corrected chi connectivity index (χ4v) is 1.51. The van der Waals surface area contributed by atoms with Gasteiger partial charge in [0.15, 0.2) is 0 Å². The van der Waals surface area contributed by atoms with Crippen LogP contribution in [0.15, 0.2) is 42.5 Å². The van der Waals surface area contributed by atoms with Gasteiger partial charge in [-0.15, -0.1) is 0 Å². The van der Waals surface area contributed by atoms with Gasteiger partial charge in [-0.25, -0.2) is 4.39 Å². The number of benzene rings is 2. The molecule has 3 nitrogen and oxygen atoms in total. The van der Waals surface area contributed by atoms with E-state index in [4.69, 9.17) is 15.7 Å². The van der Waals surface area contributed by atoms with Gasteiger partial charge in [-0.1, -0.05) is 18.2 Å². The van der Waals surface area contributed by atoms with E-state index >= 15 is 0 Å². The van der Waals surface area contributed by atoms with E-state index < -0.39 is 5.82 Å². The van der Waals surface area contributed by atoms with Gasteiger partial charge in [0.2, 0.25) is 0 Å². The molecule has 0 aromatic heterocycles. The van der Waals surface area contributed by atoms with Crippen LogP contribution >= 0.6 is 0 Å². The Morgan fingerprint density at radius 3 is 2.56 bits per heavy atom. The average Bonchev–Trinajstić information content (AvgIpc) is 2.38. The molecule has 4 heteroatoms. The summed E-state index contributed by atoms with van der Waals surface area (Å²) in [7, 11) is 0. The van der Waals surface area contributed by atoms with Gasteiger partial charge >= 0.3 is 0 Å². The van der Waals surface area contributed by atoms with E-state index in [-0.39, 0.29) is 17.9 Å². The lowest BCUT2D eigenvalue weighted by atomic mass is 10.2. The van der Waals surface area contributed by atoms with Crippen LogP contribution in [-0.4, -0.2) is 0 Å². The zero-order chi connectivity index (χ0) is 13.0. The van der Waals surface area contributed by atoms with Crippen LogP contribution in [-0.2, 0) is 6.61 Å². The number of hydrogen-bond acceptors (Lipinski definition) is 3. The van der Waals surface area contributed by atoms with Crippen LogP contribution in [0.25, 0.3) is 0 Å². The lowest BCUT2D eigenvalue weighted by molar-refractivity contribution is 0.303. The Balaban J connectivity index is 2.14. The van der Waals surface area contributed by atoms with E-state index in [0.29, 0.717) is 5.69 Å². The van der Waals surface area contributed by atoms with E-state index in [1.807, 2.05) is 12.1 Å². The molecule has 2 N–H and O–H groups in total. The number of nitrogens with zero attached hydrogens (tertiary/aromatic N) is 1. The average molecular weight is 242 g/mol. The van der Waals surface area contributed by atoms with Crippen LogP contribution in [0.2, 0.25) is 0 Å². The van der Waals surface area contributed by atoms with Crippen molar-refractivity contribution in [2.75, 3.05) is 5.73 Å². The summed E-state index contributed by atoms with van der Waals surface area (Å²) in [5, 5.41) is 8.85. The van der Waals surface area contributed by atoms with Crippen molar-refractivity contribution in [1.82, 2.24) is 0 Å². The quantitative estimate of drug-likeness (QED) is 0.842. The molecule has 0 saturated carbocycles. The largest absolute Gasteiger partial charge is 0.487 e. The smallest absolute Gasteiger partial charge is 0.144 e. The van der Waals surface area contributed by atoms with Crippen molar-refractivity contribution in [2.24, 2.45) is 0 Å². The van der Waals surface area contributed by atoms with Gasteiger partial charge in [0.25, 0.3) is 0 Å². The third-order valence-electron chi connectivity index (χ3n) is 2.46. The van der Waals surface area contributed by atoms with E-state index in [1.54, 1.807) is 24.3 Å². The molecule has 0 amide bonds. The van der Waals surface area contributed by atoms with Crippen molar-refractivity contribution in [1.29, 1.82) is 5.26 Å². The number of nitrogens with two attached hydrogens (primary N) is 1. The molecule has 90 valence electrons. The highest BCUT2D eigenvalue weighted by atomic mass is 19.1. The van der Waals surface area contributed by atoms with Crippen LogP contribution in [0.1, 0.15) is 11.1 Å². The van der Waals surface area contributed by atoms with E-state index in [1.165, 1.54) is 12.1 Å². The predicted octanol–water partition coefficient (Wildman–Crippen LogP) is 2.86. The fourth-order valence-electron chi connectivity index (χ4n) is 1.51. The molecule has 0 unspecified atom stereocenters. The standard InChI is InChI=1S/C14H11FN2O/c15-13-2-1-3-14(12(13)8-16)18-9-10-4-6-11(17)7-5-10/h1-7H,9,17H2. The maximum Gasteiger partial charge on any atom is 0.144 e. The summed E-state index contributed by atoms with van der Waals surface area (Å²) in [6, 6.07) is 13.3. The number of ether oxygens (including phenoxy) is 1. The van der Waals surface area contributed by atoms with Crippen molar-refractivity contribution >= 4 is 5.69 Å². The normalized spacial score (nSPS) is 9.78. The van der Waals surface area contributed by atoms with Crippen LogP contribution in [0.4, 0.5) is 10.1 Å². The maximum atomic E-state index is 13.3. The maximum absolute atomic E-state index is 13.3. The van der Waals surface area contributed by atoms with Crippen LogP contribution in [0, 0.1) is 17.1 Å². The Hall–Kier alpha value is -2.54. The van der Waals surface area contributed by atoms with E-state index in [2.05, 4.69) is 0 Å². The minimum absolute atomic E-state index is 0.0760. The molecule has 18 heavy (non-hydrogen) atoms. The molecule has 0 aliphatic carbocycles. The first-order valence-electron chi connectivity index (χ1n) is 5.36. The molecule has 0 aliphatic rings.